The molecule has 6 heteroatoms. The number of hydrogen-bond donors (Lipinski definition) is 0. The van der Waals surface area contributed by atoms with Crippen molar-refractivity contribution in [3.63, 3.8) is 0 Å². The normalized spacial score (nSPS) is 10.5. The first-order chi connectivity index (χ1) is 8.08. The molecule has 0 unspecified atom stereocenters. The van der Waals surface area contributed by atoms with Crippen LogP contribution in [0.15, 0.2) is 28.9 Å². The van der Waals surface area contributed by atoms with E-state index in [2.05, 4.69) is 26.2 Å². The Morgan fingerprint density at radius 2 is 2.29 bits per heavy atom. The molecular formula is C11H9BrFN3O. The Hall–Kier alpha value is -1.56. The van der Waals surface area contributed by atoms with E-state index in [1.807, 2.05) is 0 Å². The number of carbonyl (C=O) groups is 1. The highest BCUT2D eigenvalue weighted by Crippen LogP contribution is 2.21. The van der Waals surface area contributed by atoms with Gasteiger partial charge in [0.25, 0.3) is 0 Å². The smallest absolute Gasteiger partial charge is 0.173 e. The third-order valence-corrected chi connectivity index (χ3v) is 2.89. The van der Waals surface area contributed by atoms with Crippen LogP contribution in [0.1, 0.15) is 16.1 Å². The monoisotopic (exact) mass is 297 g/mol. The molecule has 0 spiro atoms. The molecule has 2 rings (SSSR count). The highest BCUT2D eigenvalue weighted by atomic mass is 79.9. The zero-order chi connectivity index (χ0) is 12.4. The summed E-state index contributed by atoms with van der Waals surface area (Å²) in [6, 6.07) is 4.43. The number of ketones is 1. The predicted molar refractivity (Wildman–Crippen MR) is 63.1 cm³/mol. The lowest BCUT2D eigenvalue weighted by atomic mass is 10.1. The second-order valence-electron chi connectivity index (χ2n) is 3.58. The third-order valence-electron chi connectivity index (χ3n) is 2.23. The fourth-order valence-electron chi connectivity index (χ4n) is 1.49. The average molecular weight is 298 g/mol. The first kappa shape index (κ1) is 11.9. The van der Waals surface area contributed by atoms with Gasteiger partial charge in [0.1, 0.15) is 5.82 Å². The molecule has 0 amide bonds. The van der Waals surface area contributed by atoms with Gasteiger partial charge in [0.15, 0.2) is 5.78 Å². The van der Waals surface area contributed by atoms with Crippen molar-refractivity contribution in [1.29, 1.82) is 0 Å². The first-order valence-electron chi connectivity index (χ1n) is 4.90. The number of carbonyl (C=O) groups excluding carboxylic acids is 1. The molecular weight excluding hydrogens is 289 g/mol. The molecule has 0 atom stereocenters. The molecule has 0 fully saturated rings. The molecule has 0 aliphatic carbocycles. The maximum Gasteiger partial charge on any atom is 0.173 e. The van der Waals surface area contributed by atoms with E-state index in [1.165, 1.54) is 10.7 Å². The molecule has 4 nitrogen and oxygen atoms in total. The molecule has 0 bridgehead atoms. The van der Waals surface area contributed by atoms with E-state index in [0.717, 1.165) is 0 Å². The van der Waals surface area contributed by atoms with Gasteiger partial charge in [-0.1, -0.05) is 11.3 Å². The number of aromatic nitrogens is 3. The minimum Gasteiger partial charge on any atom is -0.294 e. The Morgan fingerprint density at radius 1 is 1.53 bits per heavy atom. The number of hydrogen-bond acceptors (Lipinski definition) is 3. The van der Waals surface area contributed by atoms with Crippen molar-refractivity contribution in [3.05, 3.63) is 45.9 Å². The Kier molecular flexibility index (Phi) is 3.33. The molecule has 88 valence electrons. The molecule has 2 aromatic rings. The molecule has 1 heterocycles. The summed E-state index contributed by atoms with van der Waals surface area (Å²) in [6.45, 7) is 0. The third kappa shape index (κ3) is 2.58. The summed E-state index contributed by atoms with van der Waals surface area (Å²) in [5.74, 6) is -0.858. The fraction of sp³-hybridized carbons (Fsp3) is 0.182. The lowest BCUT2D eigenvalue weighted by Crippen LogP contribution is -2.07. The summed E-state index contributed by atoms with van der Waals surface area (Å²) in [5.41, 5.74) is 0.575. The van der Waals surface area contributed by atoms with Crippen LogP contribution >= 0.6 is 15.9 Å². The zero-order valence-corrected chi connectivity index (χ0v) is 10.6. The van der Waals surface area contributed by atoms with E-state index >= 15 is 0 Å². The summed E-state index contributed by atoms with van der Waals surface area (Å²) in [7, 11) is 1.71. The van der Waals surface area contributed by atoms with Gasteiger partial charge in [0, 0.05) is 17.7 Å². The van der Waals surface area contributed by atoms with E-state index in [1.54, 1.807) is 25.4 Å². The van der Waals surface area contributed by atoms with Gasteiger partial charge < -0.3 is 0 Å². The SMILES string of the molecule is Cn1cc(CC(=O)c2c(F)cccc2Br)nn1. The summed E-state index contributed by atoms with van der Waals surface area (Å²) in [5, 5.41) is 7.51. The Bertz CT molecular complexity index is 547. The molecule has 1 aromatic carbocycles. The molecule has 0 aliphatic heterocycles. The standard InChI is InChI=1S/C11H9BrFN3O/c1-16-6-7(14-15-16)5-10(17)11-8(12)3-2-4-9(11)13/h2-4,6H,5H2,1H3. The van der Waals surface area contributed by atoms with Crippen molar-refractivity contribution in [3.8, 4) is 0 Å². The molecule has 0 saturated heterocycles. The average Bonchev–Trinajstić information content (AvgIpc) is 2.63. The molecule has 17 heavy (non-hydrogen) atoms. The number of Topliss-reactive ketones (excluding diaryl/α,β-unsaturated/α-hetero) is 1. The molecule has 1 aromatic heterocycles. The van der Waals surface area contributed by atoms with Crippen molar-refractivity contribution in [2.45, 2.75) is 6.42 Å². The Balaban J connectivity index is 2.26. The molecule has 0 aliphatic rings. The van der Waals surface area contributed by atoms with E-state index < -0.39 is 5.82 Å². The van der Waals surface area contributed by atoms with Crippen molar-refractivity contribution < 1.29 is 9.18 Å². The van der Waals surface area contributed by atoms with Gasteiger partial charge in [-0.25, -0.2) is 4.39 Å². The lowest BCUT2D eigenvalue weighted by Gasteiger charge is -2.03. The molecule has 0 radical (unpaired) electrons. The quantitative estimate of drug-likeness (QED) is 0.816. The minimum atomic E-state index is -0.534. The van der Waals surface area contributed by atoms with Gasteiger partial charge in [0.05, 0.1) is 17.7 Å². The van der Waals surface area contributed by atoms with E-state index in [9.17, 15) is 9.18 Å². The zero-order valence-electron chi connectivity index (χ0n) is 9.02. The number of aryl methyl sites for hydroxylation is 1. The highest BCUT2D eigenvalue weighted by molar-refractivity contribution is 9.10. The van der Waals surface area contributed by atoms with Crippen molar-refractivity contribution in [2.24, 2.45) is 7.05 Å². The number of rotatable bonds is 3. The topological polar surface area (TPSA) is 47.8 Å². The van der Waals surface area contributed by atoms with Gasteiger partial charge in [-0.15, -0.1) is 5.10 Å². The highest BCUT2D eigenvalue weighted by Gasteiger charge is 2.16. The lowest BCUT2D eigenvalue weighted by molar-refractivity contribution is 0.0987. The van der Waals surface area contributed by atoms with E-state index in [4.69, 9.17) is 0 Å². The van der Waals surface area contributed by atoms with Gasteiger partial charge in [-0.05, 0) is 28.1 Å². The van der Waals surface area contributed by atoms with Gasteiger partial charge in [-0.3, -0.25) is 9.48 Å². The maximum absolute atomic E-state index is 13.5. The Morgan fingerprint density at radius 3 is 2.88 bits per heavy atom. The number of benzene rings is 1. The van der Waals surface area contributed by atoms with Crippen LogP contribution in [0, 0.1) is 5.82 Å². The number of halogens is 2. The van der Waals surface area contributed by atoms with Crippen LogP contribution in [0.25, 0.3) is 0 Å². The summed E-state index contributed by atoms with van der Waals surface area (Å²) in [6.07, 6.45) is 1.67. The fourth-order valence-corrected chi connectivity index (χ4v) is 2.06. The summed E-state index contributed by atoms with van der Waals surface area (Å²) < 4.78 is 15.5. The van der Waals surface area contributed by atoms with Crippen LogP contribution in [0.5, 0.6) is 0 Å². The largest absolute Gasteiger partial charge is 0.294 e. The van der Waals surface area contributed by atoms with Crippen LogP contribution in [0.3, 0.4) is 0 Å². The van der Waals surface area contributed by atoms with Crippen molar-refractivity contribution >= 4 is 21.7 Å². The first-order valence-corrected chi connectivity index (χ1v) is 5.69. The van der Waals surface area contributed by atoms with Crippen molar-refractivity contribution in [1.82, 2.24) is 15.0 Å². The van der Waals surface area contributed by atoms with Gasteiger partial charge in [-0.2, -0.15) is 0 Å². The van der Waals surface area contributed by atoms with Crippen LogP contribution in [0.2, 0.25) is 0 Å². The second-order valence-corrected chi connectivity index (χ2v) is 4.43. The van der Waals surface area contributed by atoms with Crippen LogP contribution < -0.4 is 0 Å². The van der Waals surface area contributed by atoms with Crippen LogP contribution in [-0.2, 0) is 13.5 Å². The molecule has 0 saturated carbocycles. The van der Waals surface area contributed by atoms with E-state index in [-0.39, 0.29) is 17.8 Å². The summed E-state index contributed by atoms with van der Waals surface area (Å²) in [4.78, 5) is 11.9. The maximum atomic E-state index is 13.5. The van der Waals surface area contributed by atoms with Crippen LogP contribution in [-0.4, -0.2) is 20.8 Å². The summed E-state index contributed by atoms with van der Waals surface area (Å²) >= 11 is 3.16. The minimum absolute atomic E-state index is 0.0351. The second kappa shape index (κ2) is 4.75. The van der Waals surface area contributed by atoms with Crippen molar-refractivity contribution in [2.75, 3.05) is 0 Å². The Labute approximate surface area is 106 Å². The van der Waals surface area contributed by atoms with E-state index in [0.29, 0.717) is 10.2 Å². The van der Waals surface area contributed by atoms with Gasteiger partial charge >= 0.3 is 0 Å². The van der Waals surface area contributed by atoms with Crippen LogP contribution in [0.4, 0.5) is 4.39 Å². The predicted octanol–water partition coefficient (Wildman–Crippen LogP) is 2.14. The van der Waals surface area contributed by atoms with Gasteiger partial charge in [0.2, 0.25) is 0 Å². The molecule has 0 N–H and O–H groups in total. The number of nitrogens with zero attached hydrogens (tertiary/aromatic N) is 3.